The summed E-state index contributed by atoms with van der Waals surface area (Å²) in [5.41, 5.74) is 12.1. The van der Waals surface area contributed by atoms with Crippen molar-refractivity contribution in [1.82, 2.24) is 19.9 Å². The molecular formula is C42H26N4O. The summed E-state index contributed by atoms with van der Waals surface area (Å²) in [5, 5.41) is 3.10. The first-order valence-corrected chi connectivity index (χ1v) is 15.6. The Kier molecular flexibility index (Phi) is 6.39. The molecule has 5 aromatic heterocycles. The van der Waals surface area contributed by atoms with Gasteiger partial charge >= 0.3 is 0 Å². The van der Waals surface area contributed by atoms with Gasteiger partial charge < -0.3 is 4.42 Å². The van der Waals surface area contributed by atoms with Crippen molar-refractivity contribution in [3.8, 4) is 56.3 Å². The highest BCUT2D eigenvalue weighted by molar-refractivity contribution is 6.20. The van der Waals surface area contributed by atoms with Crippen LogP contribution in [-0.2, 0) is 0 Å². The first kappa shape index (κ1) is 26.9. The zero-order valence-electron chi connectivity index (χ0n) is 25.2. The van der Waals surface area contributed by atoms with Crippen LogP contribution in [0.2, 0.25) is 0 Å². The number of fused-ring (bicyclic) bond motifs is 5. The molecule has 0 saturated heterocycles. The lowest BCUT2D eigenvalue weighted by Crippen LogP contribution is -1.94. The monoisotopic (exact) mass is 602 g/mol. The maximum Gasteiger partial charge on any atom is 0.147 e. The van der Waals surface area contributed by atoms with Gasteiger partial charge in [0.1, 0.15) is 11.2 Å². The molecule has 0 aliphatic rings. The lowest BCUT2D eigenvalue weighted by molar-refractivity contribution is 0.672. The Bertz CT molecular complexity index is 2490. The number of para-hydroxylation sites is 2. The van der Waals surface area contributed by atoms with Gasteiger partial charge in [0, 0.05) is 34.3 Å². The molecule has 4 aromatic carbocycles. The second-order valence-corrected chi connectivity index (χ2v) is 11.5. The minimum absolute atomic E-state index is 0.800. The number of rotatable bonds is 5. The van der Waals surface area contributed by atoms with Crippen LogP contribution in [0.5, 0.6) is 0 Å². The van der Waals surface area contributed by atoms with Crippen molar-refractivity contribution in [2.75, 3.05) is 0 Å². The molecule has 0 amide bonds. The van der Waals surface area contributed by atoms with Crippen LogP contribution in [0.1, 0.15) is 0 Å². The van der Waals surface area contributed by atoms with Gasteiger partial charge in [0.15, 0.2) is 0 Å². The Morgan fingerprint density at radius 3 is 1.77 bits per heavy atom. The summed E-state index contributed by atoms with van der Waals surface area (Å²) >= 11 is 0. The number of hydrogen-bond acceptors (Lipinski definition) is 5. The summed E-state index contributed by atoms with van der Waals surface area (Å²) in [4.78, 5) is 19.4. The van der Waals surface area contributed by atoms with Gasteiger partial charge in [-0.3, -0.25) is 9.97 Å². The molecule has 5 heterocycles. The van der Waals surface area contributed by atoms with Gasteiger partial charge in [0.2, 0.25) is 0 Å². The number of aromatic nitrogens is 4. The van der Waals surface area contributed by atoms with E-state index in [0.29, 0.717) is 0 Å². The summed E-state index contributed by atoms with van der Waals surface area (Å²) in [5.74, 6) is 0. The zero-order valence-corrected chi connectivity index (χ0v) is 25.2. The van der Waals surface area contributed by atoms with Crippen molar-refractivity contribution >= 4 is 32.8 Å². The molecule has 0 N–H and O–H groups in total. The van der Waals surface area contributed by atoms with Crippen LogP contribution in [0, 0.1) is 0 Å². The molecule has 0 aliphatic carbocycles. The van der Waals surface area contributed by atoms with Crippen LogP contribution in [0.3, 0.4) is 0 Å². The van der Waals surface area contributed by atoms with Crippen LogP contribution in [0.15, 0.2) is 162 Å². The zero-order chi connectivity index (χ0) is 31.2. The Morgan fingerprint density at radius 2 is 1.06 bits per heavy atom. The highest BCUT2D eigenvalue weighted by Gasteiger charge is 2.19. The highest BCUT2D eigenvalue weighted by atomic mass is 16.3. The van der Waals surface area contributed by atoms with E-state index in [1.54, 1.807) is 12.4 Å². The van der Waals surface area contributed by atoms with Crippen molar-refractivity contribution in [1.29, 1.82) is 0 Å². The maximum atomic E-state index is 6.53. The van der Waals surface area contributed by atoms with E-state index in [4.69, 9.17) is 14.4 Å². The van der Waals surface area contributed by atoms with E-state index in [1.165, 1.54) is 0 Å². The van der Waals surface area contributed by atoms with Crippen LogP contribution in [0.25, 0.3) is 89.1 Å². The Morgan fingerprint density at radius 1 is 0.426 bits per heavy atom. The molecule has 47 heavy (non-hydrogen) atoms. The average molecular weight is 603 g/mol. The van der Waals surface area contributed by atoms with Crippen molar-refractivity contribution < 1.29 is 4.42 Å². The number of hydrogen-bond donors (Lipinski definition) is 0. The Labute approximate surface area is 270 Å². The van der Waals surface area contributed by atoms with Crippen molar-refractivity contribution in [2.45, 2.75) is 0 Å². The van der Waals surface area contributed by atoms with Crippen molar-refractivity contribution in [3.05, 3.63) is 158 Å². The fourth-order valence-electron chi connectivity index (χ4n) is 6.35. The molecular weight excluding hydrogens is 576 g/mol. The second-order valence-electron chi connectivity index (χ2n) is 11.5. The average Bonchev–Trinajstić information content (AvgIpc) is 3.55. The Hall–Kier alpha value is -6.46. The lowest BCUT2D eigenvalue weighted by Gasteiger charge is -2.12. The molecule has 0 bridgehead atoms. The van der Waals surface area contributed by atoms with Crippen LogP contribution in [-0.4, -0.2) is 19.9 Å². The van der Waals surface area contributed by atoms with E-state index < -0.39 is 0 Å². The third-order valence-corrected chi connectivity index (χ3v) is 8.59. The smallest absolute Gasteiger partial charge is 0.147 e. The summed E-state index contributed by atoms with van der Waals surface area (Å²) in [7, 11) is 0. The van der Waals surface area contributed by atoms with Gasteiger partial charge in [-0.05, 0) is 65.2 Å². The predicted octanol–water partition coefficient (Wildman–Crippen LogP) is 10.7. The number of nitrogens with zero attached hydrogens (tertiary/aromatic N) is 4. The lowest BCUT2D eigenvalue weighted by atomic mass is 9.96. The number of pyridine rings is 4. The maximum absolute atomic E-state index is 6.53. The van der Waals surface area contributed by atoms with E-state index >= 15 is 0 Å². The van der Waals surface area contributed by atoms with Gasteiger partial charge in [-0.25, -0.2) is 9.97 Å². The number of furan rings is 1. The molecule has 0 spiro atoms. The predicted molar refractivity (Wildman–Crippen MR) is 190 cm³/mol. The second kappa shape index (κ2) is 11.2. The largest absolute Gasteiger partial charge is 0.455 e. The topological polar surface area (TPSA) is 64.7 Å². The molecule has 0 atom stereocenters. The normalized spacial score (nSPS) is 11.4. The molecule has 0 saturated carbocycles. The summed E-state index contributed by atoms with van der Waals surface area (Å²) in [6, 6.07) is 49.5. The minimum Gasteiger partial charge on any atom is -0.455 e. The Balaban J connectivity index is 1.20. The first-order chi connectivity index (χ1) is 23.3. The number of benzene rings is 4. The molecule has 0 unspecified atom stereocenters. The summed E-state index contributed by atoms with van der Waals surface area (Å²) in [6.07, 6.45) is 3.58. The van der Waals surface area contributed by atoms with E-state index in [9.17, 15) is 0 Å². The third-order valence-electron chi connectivity index (χ3n) is 8.59. The standard InChI is InChI=1S/C42H26N4O/c1-2-11-29(12-3-1)40-39-32-13-4-5-18-38(32)47-42(39)33-15-10-14-31(41(33)46-40)28-21-19-27(20-22-28)30-25-36(34-16-6-8-23-43-34)45-37(26-30)35-17-7-9-24-44-35/h1-26H. The van der Waals surface area contributed by atoms with Crippen LogP contribution in [0.4, 0.5) is 0 Å². The summed E-state index contributed by atoms with van der Waals surface area (Å²) in [6.45, 7) is 0. The van der Waals surface area contributed by atoms with Gasteiger partial charge in [-0.15, -0.1) is 0 Å². The first-order valence-electron chi connectivity index (χ1n) is 15.6. The molecule has 9 aromatic rings. The fourth-order valence-corrected chi connectivity index (χ4v) is 6.35. The molecule has 220 valence electrons. The van der Waals surface area contributed by atoms with Crippen molar-refractivity contribution in [3.63, 3.8) is 0 Å². The summed E-state index contributed by atoms with van der Waals surface area (Å²) < 4.78 is 6.53. The van der Waals surface area contributed by atoms with E-state index in [-0.39, 0.29) is 0 Å². The molecule has 5 nitrogen and oxygen atoms in total. The van der Waals surface area contributed by atoms with Crippen LogP contribution >= 0.6 is 0 Å². The highest BCUT2D eigenvalue weighted by Crippen LogP contribution is 2.42. The molecule has 5 heteroatoms. The van der Waals surface area contributed by atoms with Crippen LogP contribution < -0.4 is 0 Å². The quantitative estimate of drug-likeness (QED) is 0.196. The third kappa shape index (κ3) is 4.73. The van der Waals surface area contributed by atoms with E-state index in [2.05, 4.69) is 101 Å². The van der Waals surface area contributed by atoms with Gasteiger partial charge in [0.05, 0.1) is 39.4 Å². The SMILES string of the molecule is c1ccc(-c2nc3c(-c4ccc(-c5cc(-c6ccccn6)nc(-c6ccccn6)c5)cc4)cccc3c3oc4ccccc4c23)cc1. The molecule has 0 aliphatic heterocycles. The molecule has 0 radical (unpaired) electrons. The van der Waals surface area contributed by atoms with Crippen molar-refractivity contribution in [2.24, 2.45) is 0 Å². The molecule has 0 fully saturated rings. The minimum atomic E-state index is 0.800. The van der Waals surface area contributed by atoms with Gasteiger partial charge in [0.25, 0.3) is 0 Å². The fraction of sp³-hybridized carbons (Fsp3) is 0. The van der Waals surface area contributed by atoms with E-state index in [0.717, 1.165) is 89.1 Å². The van der Waals surface area contributed by atoms with E-state index in [1.807, 2.05) is 54.6 Å². The molecule has 9 rings (SSSR count). The van der Waals surface area contributed by atoms with Gasteiger partial charge in [-0.2, -0.15) is 0 Å². The van der Waals surface area contributed by atoms with Gasteiger partial charge in [-0.1, -0.05) is 97.1 Å².